The highest BCUT2D eigenvalue weighted by molar-refractivity contribution is 5.80. The van der Waals surface area contributed by atoms with Gasteiger partial charge in [-0.1, -0.05) is 6.07 Å². The van der Waals surface area contributed by atoms with Crippen molar-refractivity contribution in [3.05, 3.63) is 42.2 Å². The highest BCUT2D eigenvalue weighted by Gasteiger charge is 2.23. The number of aliphatic imine (C=N–C) groups is 1. The molecule has 0 spiro atoms. The van der Waals surface area contributed by atoms with Crippen molar-refractivity contribution in [3.8, 4) is 11.5 Å². The fourth-order valence-electron chi connectivity index (χ4n) is 3.75. The minimum atomic E-state index is 0.149. The van der Waals surface area contributed by atoms with E-state index in [1.165, 1.54) is 0 Å². The number of nitrogens with one attached hydrogen (secondary N) is 1. The zero-order valence-electron chi connectivity index (χ0n) is 19.1. The molecule has 0 amide bonds. The Morgan fingerprint density at radius 3 is 2.35 bits per heavy atom. The molecule has 168 valence electrons. The highest BCUT2D eigenvalue weighted by Crippen LogP contribution is 2.31. The number of hydrogen-bond donors (Lipinski definition) is 1. The Kier molecular flexibility index (Phi) is 7.88. The van der Waals surface area contributed by atoms with Gasteiger partial charge in [0.15, 0.2) is 17.5 Å². The number of rotatable bonds is 7. The lowest BCUT2D eigenvalue weighted by Gasteiger charge is -2.37. The normalized spacial score (nSPS) is 15.7. The number of ether oxygens (including phenoxy) is 2. The Morgan fingerprint density at radius 1 is 1.10 bits per heavy atom. The Hall–Kier alpha value is -3.07. The van der Waals surface area contributed by atoms with Gasteiger partial charge < -0.3 is 29.5 Å². The van der Waals surface area contributed by atoms with Crippen molar-refractivity contribution in [2.75, 3.05) is 73.0 Å². The molecule has 1 aliphatic heterocycles. The van der Waals surface area contributed by atoms with Gasteiger partial charge in [-0.2, -0.15) is 0 Å². The van der Waals surface area contributed by atoms with E-state index in [0.717, 1.165) is 61.7 Å². The Morgan fingerprint density at radius 2 is 1.77 bits per heavy atom. The summed E-state index contributed by atoms with van der Waals surface area (Å²) in [7, 11) is 9.29. The summed E-state index contributed by atoms with van der Waals surface area (Å²) in [6.45, 7) is 4.16. The van der Waals surface area contributed by atoms with Crippen molar-refractivity contribution in [2.45, 2.75) is 6.04 Å². The minimum Gasteiger partial charge on any atom is -0.493 e. The van der Waals surface area contributed by atoms with E-state index < -0.39 is 0 Å². The summed E-state index contributed by atoms with van der Waals surface area (Å²) in [6, 6.07) is 8.05. The van der Waals surface area contributed by atoms with E-state index in [0.29, 0.717) is 0 Å². The molecule has 1 aromatic carbocycles. The molecule has 0 aliphatic carbocycles. The molecule has 9 nitrogen and oxygen atoms in total. The van der Waals surface area contributed by atoms with Gasteiger partial charge in [-0.05, 0) is 37.9 Å². The van der Waals surface area contributed by atoms with E-state index in [1.807, 2.05) is 25.2 Å². The summed E-state index contributed by atoms with van der Waals surface area (Å²) in [6.07, 6.45) is 3.56. The summed E-state index contributed by atoms with van der Waals surface area (Å²) in [4.78, 5) is 19.9. The maximum atomic E-state index is 5.48. The van der Waals surface area contributed by atoms with Crippen molar-refractivity contribution in [1.82, 2.24) is 25.1 Å². The van der Waals surface area contributed by atoms with Gasteiger partial charge in [0.05, 0.1) is 20.3 Å². The van der Waals surface area contributed by atoms with E-state index in [9.17, 15) is 0 Å². The number of anilines is 1. The quantitative estimate of drug-likeness (QED) is 0.526. The smallest absolute Gasteiger partial charge is 0.225 e. The molecule has 1 aliphatic rings. The van der Waals surface area contributed by atoms with Gasteiger partial charge in [-0.3, -0.25) is 4.99 Å². The summed E-state index contributed by atoms with van der Waals surface area (Å²) in [5.41, 5.74) is 1.15. The molecule has 1 unspecified atom stereocenters. The fraction of sp³-hybridized carbons (Fsp3) is 0.500. The van der Waals surface area contributed by atoms with Crippen LogP contribution < -0.4 is 19.7 Å². The zero-order valence-corrected chi connectivity index (χ0v) is 19.1. The van der Waals surface area contributed by atoms with E-state index in [-0.39, 0.29) is 6.04 Å². The van der Waals surface area contributed by atoms with Crippen LogP contribution in [-0.2, 0) is 0 Å². The SMILES string of the molecule is CN=C(NCC(c1ccc(OC)c(OC)c1)N(C)C)N1CCN(c2ncccn2)CC1. The average Bonchev–Trinajstić information content (AvgIpc) is 2.82. The van der Waals surface area contributed by atoms with Crippen molar-refractivity contribution < 1.29 is 9.47 Å². The molecule has 9 heteroatoms. The molecule has 0 saturated carbocycles. The predicted octanol–water partition coefficient (Wildman–Crippen LogP) is 1.49. The number of likely N-dealkylation sites (N-methyl/N-ethyl adjacent to an activating group) is 1. The lowest BCUT2D eigenvalue weighted by Crippen LogP contribution is -2.53. The third-order valence-corrected chi connectivity index (χ3v) is 5.50. The van der Waals surface area contributed by atoms with Crippen LogP contribution in [0.4, 0.5) is 5.95 Å². The fourth-order valence-corrected chi connectivity index (χ4v) is 3.75. The van der Waals surface area contributed by atoms with Crippen LogP contribution in [0.15, 0.2) is 41.7 Å². The van der Waals surface area contributed by atoms with E-state index in [4.69, 9.17) is 9.47 Å². The van der Waals surface area contributed by atoms with Crippen molar-refractivity contribution in [2.24, 2.45) is 4.99 Å². The van der Waals surface area contributed by atoms with Gasteiger partial charge >= 0.3 is 0 Å². The van der Waals surface area contributed by atoms with Gasteiger partial charge in [0.2, 0.25) is 5.95 Å². The molecule has 1 atom stereocenters. The Labute approximate surface area is 184 Å². The summed E-state index contributed by atoms with van der Waals surface area (Å²) in [5, 5.41) is 3.55. The maximum Gasteiger partial charge on any atom is 0.225 e. The van der Waals surface area contributed by atoms with Gasteiger partial charge in [-0.25, -0.2) is 9.97 Å². The second-order valence-electron chi connectivity index (χ2n) is 7.54. The standard InChI is InChI=1S/C22H33N7O2/c1-23-21(28-11-13-29(14-12-28)22-24-9-6-10-25-22)26-16-18(27(2)3)17-7-8-19(30-4)20(15-17)31-5/h6-10,15,18H,11-14,16H2,1-5H3,(H,23,26). The predicted molar refractivity (Wildman–Crippen MR) is 123 cm³/mol. The molecule has 1 saturated heterocycles. The topological polar surface area (TPSA) is 78.4 Å². The van der Waals surface area contributed by atoms with Gasteiger partial charge in [0.1, 0.15) is 0 Å². The van der Waals surface area contributed by atoms with Crippen molar-refractivity contribution >= 4 is 11.9 Å². The van der Waals surface area contributed by atoms with Gasteiger partial charge in [0.25, 0.3) is 0 Å². The number of methoxy groups -OCH3 is 2. The zero-order chi connectivity index (χ0) is 22.2. The third kappa shape index (κ3) is 5.55. The van der Waals surface area contributed by atoms with Crippen LogP contribution >= 0.6 is 0 Å². The molecule has 2 heterocycles. The van der Waals surface area contributed by atoms with E-state index in [2.05, 4.69) is 55.1 Å². The summed E-state index contributed by atoms with van der Waals surface area (Å²) >= 11 is 0. The van der Waals surface area contributed by atoms with Crippen molar-refractivity contribution in [1.29, 1.82) is 0 Å². The first kappa shape index (κ1) is 22.6. The van der Waals surface area contributed by atoms with E-state index in [1.54, 1.807) is 26.6 Å². The maximum absolute atomic E-state index is 5.48. The van der Waals surface area contributed by atoms with Crippen LogP contribution in [0.1, 0.15) is 11.6 Å². The molecule has 0 radical (unpaired) electrons. The second-order valence-corrected chi connectivity index (χ2v) is 7.54. The Bertz CT molecular complexity index is 852. The van der Waals surface area contributed by atoms with Gasteiger partial charge in [-0.15, -0.1) is 0 Å². The molecule has 0 bridgehead atoms. The van der Waals surface area contributed by atoms with Gasteiger partial charge in [0, 0.05) is 52.2 Å². The minimum absolute atomic E-state index is 0.149. The molecule has 1 fully saturated rings. The number of benzene rings is 1. The molecule has 2 aromatic rings. The molecular weight excluding hydrogens is 394 g/mol. The summed E-state index contributed by atoms with van der Waals surface area (Å²) < 4.78 is 10.9. The first-order valence-electron chi connectivity index (χ1n) is 10.4. The number of guanidine groups is 1. The molecule has 31 heavy (non-hydrogen) atoms. The molecular formula is C22H33N7O2. The van der Waals surface area contributed by atoms with Crippen LogP contribution in [0.25, 0.3) is 0 Å². The molecule has 1 aromatic heterocycles. The highest BCUT2D eigenvalue weighted by atomic mass is 16.5. The Balaban J connectivity index is 1.62. The lowest BCUT2D eigenvalue weighted by atomic mass is 10.1. The molecule has 1 N–H and O–H groups in total. The second kappa shape index (κ2) is 10.8. The van der Waals surface area contributed by atoms with Crippen LogP contribution in [-0.4, -0.2) is 93.8 Å². The number of hydrogen-bond acceptors (Lipinski definition) is 7. The number of aromatic nitrogens is 2. The number of nitrogens with zero attached hydrogens (tertiary/aromatic N) is 6. The molecule has 3 rings (SSSR count). The van der Waals surface area contributed by atoms with Crippen LogP contribution in [0.3, 0.4) is 0 Å². The first-order chi connectivity index (χ1) is 15.1. The average molecular weight is 428 g/mol. The first-order valence-corrected chi connectivity index (χ1v) is 10.4. The van der Waals surface area contributed by atoms with E-state index >= 15 is 0 Å². The monoisotopic (exact) mass is 427 g/mol. The van der Waals surface area contributed by atoms with Crippen molar-refractivity contribution in [3.63, 3.8) is 0 Å². The lowest BCUT2D eigenvalue weighted by molar-refractivity contribution is 0.290. The third-order valence-electron chi connectivity index (χ3n) is 5.50. The van der Waals surface area contributed by atoms with Crippen LogP contribution in [0, 0.1) is 0 Å². The number of piperazine rings is 1. The van der Waals surface area contributed by atoms with Crippen LogP contribution in [0.2, 0.25) is 0 Å². The van der Waals surface area contributed by atoms with Crippen LogP contribution in [0.5, 0.6) is 11.5 Å². The summed E-state index contributed by atoms with van der Waals surface area (Å²) in [5.74, 6) is 3.15. The largest absolute Gasteiger partial charge is 0.493 e.